The lowest BCUT2D eigenvalue weighted by Gasteiger charge is -2.14. The Morgan fingerprint density at radius 2 is 2.00 bits per heavy atom. The van der Waals surface area contributed by atoms with Gasteiger partial charge in [0.25, 0.3) is 0 Å². The predicted molar refractivity (Wildman–Crippen MR) is 81.5 cm³/mol. The van der Waals surface area contributed by atoms with Crippen molar-refractivity contribution in [3.8, 4) is 11.5 Å². The molecule has 0 saturated carbocycles. The highest BCUT2D eigenvalue weighted by atomic mass is 35.5. The number of halogens is 2. The van der Waals surface area contributed by atoms with Crippen LogP contribution in [0.1, 0.15) is 11.1 Å². The van der Waals surface area contributed by atoms with E-state index in [9.17, 15) is 4.39 Å². The molecule has 2 aromatic carbocycles. The molecule has 3 nitrogen and oxygen atoms in total. The minimum atomic E-state index is -0.313. The van der Waals surface area contributed by atoms with Crippen molar-refractivity contribution >= 4 is 11.6 Å². The van der Waals surface area contributed by atoms with Crippen LogP contribution in [0.5, 0.6) is 11.5 Å². The summed E-state index contributed by atoms with van der Waals surface area (Å²) in [4.78, 5) is 0. The van der Waals surface area contributed by atoms with Gasteiger partial charge in [0.1, 0.15) is 12.4 Å². The van der Waals surface area contributed by atoms with Crippen molar-refractivity contribution in [2.24, 2.45) is 5.73 Å². The Morgan fingerprint density at radius 3 is 2.67 bits per heavy atom. The van der Waals surface area contributed by atoms with Crippen LogP contribution in [-0.4, -0.2) is 13.7 Å². The summed E-state index contributed by atoms with van der Waals surface area (Å²) in [5.41, 5.74) is 6.96. The molecule has 0 aromatic heterocycles. The van der Waals surface area contributed by atoms with Crippen LogP contribution in [0.15, 0.2) is 36.4 Å². The maximum atomic E-state index is 13.6. The number of hydrogen-bond acceptors (Lipinski definition) is 3. The molecule has 0 atom stereocenters. The Hall–Kier alpha value is -1.78. The van der Waals surface area contributed by atoms with E-state index in [0.29, 0.717) is 35.1 Å². The zero-order valence-corrected chi connectivity index (χ0v) is 12.5. The second-order valence-corrected chi connectivity index (χ2v) is 4.93. The molecular formula is C16H17ClFNO2. The Labute approximate surface area is 128 Å². The lowest BCUT2D eigenvalue weighted by molar-refractivity contribution is 0.280. The summed E-state index contributed by atoms with van der Waals surface area (Å²) in [6, 6.07) is 10.1. The van der Waals surface area contributed by atoms with Crippen molar-refractivity contribution in [3.05, 3.63) is 58.4 Å². The van der Waals surface area contributed by atoms with Gasteiger partial charge in [0.05, 0.1) is 12.1 Å². The Kier molecular flexibility index (Phi) is 5.42. The number of benzene rings is 2. The van der Waals surface area contributed by atoms with Crippen molar-refractivity contribution < 1.29 is 13.9 Å². The summed E-state index contributed by atoms with van der Waals surface area (Å²) < 4.78 is 24.5. The summed E-state index contributed by atoms with van der Waals surface area (Å²) in [6.45, 7) is 0.605. The first-order chi connectivity index (χ1) is 10.2. The predicted octanol–water partition coefficient (Wildman–Crippen LogP) is 3.57. The molecule has 0 heterocycles. The smallest absolute Gasteiger partial charge is 0.180 e. The lowest BCUT2D eigenvalue weighted by Crippen LogP contribution is -2.04. The van der Waals surface area contributed by atoms with Crippen LogP contribution in [0, 0.1) is 5.82 Å². The number of hydrogen-bond donors (Lipinski definition) is 1. The Bertz CT molecular complexity index is 619. The molecule has 0 bridgehead atoms. The first-order valence-electron chi connectivity index (χ1n) is 6.58. The maximum absolute atomic E-state index is 13.6. The highest BCUT2D eigenvalue weighted by Crippen LogP contribution is 2.37. The molecule has 2 aromatic rings. The van der Waals surface area contributed by atoms with E-state index in [4.69, 9.17) is 26.8 Å². The van der Waals surface area contributed by atoms with Gasteiger partial charge in [-0.05, 0) is 36.7 Å². The van der Waals surface area contributed by atoms with Crippen LogP contribution in [0.25, 0.3) is 0 Å². The van der Waals surface area contributed by atoms with Crippen molar-refractivity contribution in [1.82, 2.24) is 0 Å². The summed E-state index contributed by atoms with van der Waals surface area (Å²) in [6.07, 6.45) is 0.698. The normalized spacial score (nSPS) is 10.5. The zero-order chi connectivity index (χ0) is 15.2. The highest BCUT2D eigenvalue weighted by Gasteiger charge is 2.13. The molecule has 0 fully saturated rings. The molecule has 5 heteroatoms. The molecule has 2 N–H and O–H groups in total. The number of methoxy groups -OCH3 is 1. The van der Waals surface area contributed by atoms with Gasteiger partial charge >= 0.3 is 0 Å². The third-order valence-electron chi connectivity index (χ3n) is 3.05. The van der Waals surface area contributed by atoms with Crippen molar-refractivity contribution in [1.29, 1.82) is 0 Å². The molecule has 0 unspecified atom stereocenters. The summed E-state index contributed by atoms with van der Waals surface area (Å²) in [7, 11) is 1.54. The van der Waals surface area contributed by atoms with Crippen LogP contribution in [0.4, 0.5) is 4.39 Å². The third-order valence-corrected chi connectivity index (χ3v) is 3.33. The second-order valence-electron chi connectivity index (χ2n) is 4.53. The summed E-state index contributed by atoms with van der Waals surface area (Å²) >= 11 is 6.22. The average Bonchev–Trinajstić information content (AvgIpc) is 2.47. The van der Waals surface area contributed by atoms with Crippen LogP contribution in [0.2, 0.25) is 5.02 Å². The van der Waals surface area contributed by atoms with Gasteiger partial charge in [0.2, 0.25) is 0 Å². The van der Waals surface area contributed by atoms with Gasteiger partial charge < -0.3 is 15.2 Å². The Balaban J connectivity index is 2.21. The summed E-state index contributed by atoms with van der Waals surface area (Å²) in [5.74, 6) is 0.609. The minimum Gasteiger partial charge on any atom is -0.493 e. The number of ether oxygens (including phenoxy) is 2. The van der Waals surface area contributed by atoms with Gasteiger partial charge in [0, 0.05) is 5.56 Å². The molecule has 21 heavy (non-hydrogen) atoms. The van der Waals surface area contributed by atoms with E-state index in [1.165, 1.54) is 13.2 Å². The first kappa shape index (κ1) is 15.6. The van der Waals surface area contributed by atoms with Crippen molar-refractivity contribution in [2.75, 3.05) is 13.7 Å². The summed E-state index contributed by atoms with van der Waals surface area (Å²) in [5, 5.41) is 0.425. The minimum absolute atomic E-state index is 0.0823. The van der Waals surface area contributed by atoms with Gasteiger partial charge in [-0.1, -0.05) is 29.8 Å². The van der Waals surface area contributed by atoms with Gasteiger partial charge in [-0.25, -0.2) is 4.39 Å². The van der Waals surface area contributed by atoms with E-state index in [2.05, 4.69) is 0 Å². The standard InChI is InChI=1S/C16H17ClFNO2/c1-20-15-9-11(6-7-19)8-13(17)16(15)21-10-12-4-2-3-5-14(12)18/h2-5,8-9H,6-7,10,19H2,1H3. The fourth-order valence-corrected chi connectivity index (χ4v) is 2.28. The molecule has 0 aliphatic rings. The number of rotatable bonds is 6. The fourth-order valence-electron chi connectivity index (χ4n) is 1.99. The van der Waals surface area contributed by atoms with E-state index < -0.39 is 0 Å². The largest absolute Gasteiger partial charge is 0.493 e. The molecule has 0 saturated heterocycles. The molecule has 112 valence electrons. The average molecular weight is 310 g/mol. The molecular weight excluding hydrogens is 293 g/mol. The molecule has 0 spiro atoms. The van der Waals surface area contributed by atoms with E-state index in [0.717, 1.165) is 5.56 Å². The monoisotopic (exact) mass is 309 g/mol. The second kappa shape index (κ2) is 7.29. The van der Waals surface area contributed by atoms with Gasteiger partial charge in [-0.2, -0.15) is 0 Å². The van der Waals surface area contributed by atoms with Crippen LogP contribution >= 0.6 is 11.6 Å². The van der Waals surface area contributed by atoms with Gasteiger partial charge in [-0.15, -0.1) is 0 Å². The van der Waals surface area contributed by atoms with Crippen LogP contribution in [0.3, 0.4) is 0 Å². The van der Waals surface area contributed by atoms with E-state index in [1.807, 2.05) is 6.07 Å². The van der Waals surface area contributed by atoms with Crippen molar-refractivity contribution in [3.63, 3.8) is 0 Å². The lowest BCUT2D eigenvalue weighted by atomic mass is 10.1. The maximum Gasteiger partial charge on any atom is 0.180 e. The highest BCUT2D eigenvalue weighted by molar-refractivity contribution is 6.32. The third kappa shape index (κ3) is 3.86. The molecule has 0 aliphatic heterocycles. The van der Waals surface area contributed by atoms with Crippen LogP contribution < -0.4 is 15.2 Å². The molecule has 0 amide bonds. The van der Waals surface area contributed by atoms with E-state index in [-0.39, 0.29) is 12.4 Å². The molecule has 2 rings (SSSR count). The van der Waals surface area contributed by atoms with Gasteiger partial charge in [0.15, 0.2) is 11.5 Å². The zero-order valence-electron chi connectivity index (χ0n) is 11.7. The quantitative estimate of drug-likeness (QED) is 0.887. The fraction of sp³-hybridized carbons (Fsp3) is 0.250. The van der Waals surface area contributed by atoms with E-state index in [1.54, 1.807) is 24.3 Å². The number of nitrogens with two attached hydrogens (primary N) is 1. The SMILES string of the molecule is COc1cc(CCN)cc(Cl)c1OCc1ccccc1F. The van der Waals surface area contributed by atoms with Gasteiger partial charge in [-0.3, -0.25) is 0 Å². The Morgan fingerprint density at radius 1 is 1.24 bits per heavy atom. The molecule has 0 radical (unpaired) electrons. The van der Waals surface area contributed by atoms with Crippen molar-refractivity contribution in [2.45, 2.75) is 13.0 Å². The first-order valence-corrected chi connectivity index (χ1v) is 6.96. The molecule has 0 aliphatic carbocycles. The van der Waals surface area contributed by atoms with Crippen LogP contribution in [-0.2, 0) is 13.0 Å². The topological polar surface area (TPSA) is 44.5 Å². The van der Waals surface area contributed by atoms with E-state index >= 15 is 0 Å².